The number of carbonyl (C=O) groups is 1. The van der Waals surface area contributed by atoms with Gasteiger partial charge >= 0.3 is 0 Å². The van der Waals surface area contributed by atoms with E-state index in [1.54, 1.807) is 35.2 Å². The first-order valence-electron chi connectivity index (χ1n) is 10.8. The highest BCUT2D eigenvalue weighted by atomic mass is 35.5. The number of phenols is 1. The first-order valence-corrected chi connectivity index (χ1v) is 11.6. The number of aromatic hydroxyl groups is 1. The molecule has 1 fully saturated rings. The number of carbonyl (C=O) groups excluding carboxylic acids is 1. The highest BCUT2D eigenvalue weighted by Gasteiger charge is 2.24. The van der Waals surface area contributed by atoms with Crippen molar-refractivity contribution >= 4 is 29.1 Å². The number of halogens is 3. The van der Waals surface area contributed by atoms with Gasteiger partial charge in [0.25, 0.3) is 5.91 Å². The highest BCUT2D eigenvalue weighted by molar-refractivity contribution is 6.36. The van der Waals surface area contributed by atoms with Gasteiger partial charge in [-0.3, -0.25) is 4.79 Å². The zero-order chi connectivity index (χ0) is 23.5. The summed E-state index contributed by atoms with van der Waals surface area (Å²) in [7, 11) is 0. The summed E-state index contributed by atoms with van der Waals surface area (Å²) in [5, 5.41) is 11.4. The fourth-order valence-corrected chi connectivity index (χ4v) is 4.50. The predicted molar refractivity (Wildman–Crippen MR) is 128 cm³/mol. The van der Waals surface area contributed by atoms with Crippen molar-refractivity contribution in [1.82, 2.24) is 4.90 Å². The number of nitrogens with zero attached hydrogens (tertiary/aromatic N) is 1. The molecule has 0 bridgehead atoms. The van der Waals surface area contributed by atoms with Gasteiger partial charge in [-0.1, -0.05) is 54.4 Å². The molecular formula is C26H24Cl2FNO3. The third-order valence-corrected chi connectivity index (χ3v) is 6.48. The molecule has 1 saturated heterocycles. The standard InChI is InChI=1S/C26H24Cl2FNO3/c1-2-20(17-4-6-18(29)7-5-17)21-11-16(3-8-25(21)31)12-22-23(27)13-19(14-24(22)28)33-15-26(32)30-9-10-30/h3-8,11,13-14,20,31H,2,9-10,12,15H2,1H3. The summed E-state index contributed by atoms with van der Waals surface area (Å²) in [5.41, 5.74) is 3.36. The average molecular weight is 488 g/mol. The van der Waals surface area contributed by atoms with E-state index in [0.717, 1.165) is 41.8 Å². The lowest BCUT2D eigenvalue weighted by Gasteiger charge is -2.19. The topological polar surface area (TPSA) is 49.5 Å². The van der Waals surface area contributed by atoms with Gasteiger partial charge in [0, 0.05) is 41.0 Å². The van der Waals surface area contributed by atoms with E-state index < -0.39 is 0 Å². The van der Waals surface area contributed by atoms with Crippen LogP contribution in [0, 0.1) is 5.82 Å². The smallest absolute Gasteiger partial charge is 0.260 e. The number of hydrogen-bond acceptors (Lipinski definition) is 3. The molecule has 4 nitrogen and oxygen atoms in total. The molecule has 1 aliphatic heterocycles. The second-order valence-corrected chi connectivity index (χ2v) is 8.93. The second-order valence-electron chi connectivity index (χ2n) is 8.12. The minimum Gasteiger partial charge on any atom is -0.508 e. The van der Waals surface area contributed by atoms with E-state index in [0.29, 0.717) is 22.2 Å². The molecule has 1 amide bonds. The van der Waals surface area contributed by atoms with Gasteiger partial charge in [-0.05, 0) is 53.4 Å². The summed E-state index contributed by atoms with van der Waals surface area (Å²) in [6.07, 6.45) is 1.20. The molecule has 3 aromatic carbocycles. The van der Waals surface area contributed by atoms with Gasteiger partial charge in [0.15, 0.2) is 6.61 Å². The van der Waals surface area contributed by atoms with Crippen molar-refractivity contribution in [2.75, 3.05) is 19.7 Å². The van der Waals surface area contributed by atoms with Crippen molar-refractivity contribution in [3.63, 3.8) is 0 Å². The molecule has 33 heavy (non-hydrogen) atoms. The zero-order valence-corrected chi connectivity index (χ0v) is 19.7. The minimum atomic E-state index is -0.294. The largest absolute Gasteiger partial charge is 0.508 e. The molecule has 1 heterocycles. The molecular weight excluding hydrogens is 464 g/mol. The Balaban J connectivity index is 1.55. The van der Waals surface area contributed by atoms with Crippen LogP contribution in [-0.2, 0) is 11.2 Å². The van der Waals surface area contributed by atoms with E-state index >= 15 is 0 Å². The summed E-state index contributed by atoms with van der Waals surface area (Å²) in [6, 6.07) is 15.1. The van der Waals surface area contributed by atoms with E-state index in [2.05, 4.69) is 0 Å². The Morgan fingerprint density at radius 2 is 1.76 bits per heavy atom. The predicted octanol–water partition coefficient (Wildman–Crippen LogP) is 6.19. The molecule has 172 valence electrons. The van der Waals surface area contributed by atoms with Crippen molar-refractivity contribution in [2.24, 2.45) is 0 Å². The Labute approximate surface area is 202 Å². The third-order valence-electron chi connectivity index (χ3n) is 5.81. The lowest BCUT2D eigenvalue weighted by Crippen LogP contribution is -2.19. The van der Waals surface area contributed by atoms with Crippen molar-refractivity contribution < 1.29 is 19.0 Å². The zero-order valence-electron chi connectivity index (χ0n) is 18.2. The normalized spacial score (nSPS) is 13.6. The molecule has 1 N–H and O–H groups in total. The molecule has 7 heteroatoms. The summed E-state index contributed by atoms with van der Waals surface area (Å²) in [6.45, 7) is 3.53. The molecule has 3 aromatic rings. The Kier molecular flexibility index (Phi) is 7.11. The number of phenolic OH excluding ortho intramolecular Hbond substituents is 1. The summed E-state index contributed by atoms with van der Waals surface area (Å²) in [4.78, 5) is 13.5. The summed E-state index contributed by atoms with van der Waals surface area (Å²) in [5.74, 6) is 0.198. The Bertz CT molecular complexity index is 1140. The monoisotopic (exact) mass is 487 g/mol. The van der Waals surface area contributed by atoms with Crippen LogP contribution in [0.25, 0.3) is 0 Å². The Hall–Kier alpha value is -2.76. The number of ether oxygens (including phenoxy) is 1. The van der Waals surface area contributed by atoms with Crippen LogP contribution in [0.4, 0.5) is 4.39 Å². The number of benzene rings is 3. The molecule has 1 atom stereocenters. The molecule has 0 aromatic heterocycles. The Morgan fingerprint density at radius 3 is 2.36 bits per heavy atom. The van der Waals surface area contributed by atoms with E-state index in [-0.39, 0.29) is 30.0 Å². The molecule has 0 aliphatic carbocycles. The quantitative estimate of drug-likeness (QED) is 0.385. The van der Waals surface area contributed by atoms with Gasteiger partial charge in [-0.2, -0.15) is 0 Å². The van der Waals surface area contributed by atoms with Crippen LogP contribution in [0.2, 0.25) is 10.0 Å². The molecule has 0 radical (unpaired) electrons. The first kappa shape index (κ1) is 23.4. The highest BCUT2D eigenvalue weighted by Crippen LogP contribution is 2.37. The maximum atomic E-state index is 13.4. The van der Waals surface area contributed by atoms with Crippen molar-refractivity contribution in [3.05, 3.63) is 92.7 Å². The van der Waals surface area contributed by atoms with Crippen molar-refractivity contribution in [2.45, 2.75) is 25.7 Å². The van der Waals surface area contributed by atoms with Crippen LogP contribution in [0.1, 0.15) is 41.5 Å². The van der Waals surface area contributed by atoms with Crippen LogP contribution in [-0.4, -0.2) is 35.6 Å². The molecule has 1 aliphatic rings. The van der Waals surface area contributed by atoms with E-state index in [1.807, 2.05) is 19.1 Å². The lowest BCUT2D eigenvalue weighted by atomic mass is 9.87. The summed E-state index contributed by atoms with van der Waals surface area (Å²) >= 11 is 13.0. The van der Waals surface area contributed by atoms with E-state index in [1.165, 1.54) is 12.1 Å². The van der Waals surface area contributed by atoms with Gasteiger partial charge in [0.1, 0.15) is 17.3 Å². The number of rotatable bonds is 8. The van der Waals surface area contributed by atoms with Crippen LogP contribution >= 0.6 is 23.2 Å². The fourth-order valence-electron chi connectivity index (χ4n) is 3.90. The fraction of sp³-hybridized carbons (Fsp3) is 0.269. The summed E-state index contributed by atoms with van der Waals surface area (Å²) < 4.78 is 18.9. The Morgan fingerprint density at radius 1 is 1.09 bits per heavy atom. The third kappa shape index (κ3) is 5.60. The number of hydrogen-bond donors (Lipinski definition) is 1. The van der Waals surface area contributed by atoms with Crippen LogP contribution in [0.15, 0.2) is 54.6 Å². The lowest BCUT2D eigenvalue weighted by molar-refractivity contribution is -0.127. The molecule has 0 saturated carbocycles. The molecule has 1 unspecified atom stereocenters. The van der Waals surface area contributed by atoms with Gasteiger partial charge < -0.3 is 14.7 Å². The van der Waals surface area contributed by atoms with Crippen molar-refractivity contribution in [1.29, 1.82) is 0 Å². The van der Waals surface area contributed by atoms with E-state index in [4.69, 9.17) is 27.9 Å². The minimum absolute atomic E-state index is 0.0465. The first-order chi connectivity index (χ1) is 15.9. The van der Waals surface area contributed by atoms with Crippen LogP contribution in [0.5, 0.6) is 11.5 Å². The average Bonchev–Trinajstić information content (AvgIpc) is 3.64. The van der Waals surface area contributed by atoms with Crippen LogP contribution in [0.3, 0.4) is 0 Å². The number of amides is 1. The van der Waals surface area contributed by atoms with Gasteiger partial charge in [0.2, 0.25) is 0 Å². The van der Waals surface area contributed by atoms with Gasteiger partial charge in [0.05, 0.1) is 0 Å². The molecule has 4 rings (SSSR count). The maximum Gasteiger partial charge on any atom is 0.260 e. The van der Waals surface area contributed by atoms with E-state index in [9.17, 15) is 14.3 Å². The van der Waals surface area contributed by atoms with Crippen LogP contribution < -0.4 is 4.74 Å². The maximum absolute atomic E-state index is 13.4. The van der Waals surface area contributed by atoms with Gasteiger partial charge in [-0.25, -0.2) is 4.39 Å². The molecule has 0 spiro atoms. The second kappa shape index (κ2) is 10.0. The van der Waals surface area contributed by atoms with Crippen molar-refractivity contribution in [3.8, 4) is 11.5 Å². The SMILES string of the molecule is CCC(c1ccc(F)cc1)c1cc(Cc2c(Cl)cc(OCC(=O)N3CC3)cc2Cl)ccc1O. The van der Waals surface area contributed by atoms with Gasteiger partial charge in [-0.15, -0.1) is 0 Å².